The van der Waals surface area contributed by atoms with E-state index in [0.717, 1.165) is 6.54 Å². The lowest BCUT2D eigenvalue weighted by Gasteiger charge is -1.82. The largest absolute Gasteiger partial charge is 0.331 e. The highest BCUT2D eigenvalue weighted by atomic mass is 24.4. The molecule has 0 aliphatic carbocycles. The molecule has 2 N–H and O–H groups in total. The zero-order valence-corrected chi connectivity index (χ0v) is 4.82. The highest BCUT2D eigenvalue weighted by Crippen LogP contribution is 1.74. The van der Waals surface area contributed by atoms with Gasteiger partial charge < -0.3 is 5.73 Å². The van der Waals surface area contributed by atoms with Crippen LogP contribution >= 0.6 is 0 Å². The van der Waals surface area contributed by atoms with Crippen LogP contribution in [0.2, 0.25) is 4.55 Å². The molecule has 0 fully saturated rings. The van der Waals surface area contributed by atoms with Gasteiger partial charge in [-0.2, -0.15) is 4.55 Å². The molecule has 0 aliphatic rings. The second kappa shape index (κ2) is 4.73. The lowest BCUT2D eigenvalue weighted by atomic mass is 10.5. The Hall–Kier alpha value is 0.726. The molecule has 27 valence electrons. The van der Waals surface area contributed by atoms with Crippen molar-refractivity contribution < 1.29 is 0 Å². The summed E-state index contributed by atoms with van der Waals surface area (Å²) in [7, 11) is 0. The molecule has 0 aromatic heterocycles. The van der Waals surface area contributed by atoms with Gasteiger partial charge in [-0.15, -0.1) is 0 Å². The van der Waals surface area contributed by atoms with Gasteiger partial charge in [0.25, 0.3) is 0 Å². The first-order valence-electron chi connectivity index (χ1n) is 1.91. The molecule has 2 heteroatoms. The third kappa shape index (κ3) is 4.73. The van der Waals surface area contributed by atoms with Crippen LogP contribution in [0.15, 0.2) is 0 Å². The van der Waals surface area contributed by atoms with Crippen molar-refractivity contribution in [1.82, 2.24) is 0 Å². The summed E-state index contributed by atoms with van der Waals surface area (Å²) < 4.78 is 1.25. The van der Waals surface area contributed by atoms with Crippen molar-refractivity contribution in [1.29, 1.82) is 0 Å². The van der Waals surface area contributed by atoms with Gasteiger partial charge in [-0.1, -0.05) is 6.42 Å². The summed E-state index contributed by atoms with van der Waals surface area (Å²) in [5, 5.41) is 0. The van der Waals surface area contributed by atoms with Crippen LogP contribution in [-0.4, -0.2) is 28.3 Å². The summed E-state index contributed by atoms with van der Waals surface area (Å²) in [6.45, 7) is 0.851. The summed E-state index contributed by atoms with van der Waals surface area (Å²) in [6, 6.07) is 0. The SMILES string of the molecule is NCC[CH2][Mg]. The Labute approximate surface area is 45.4 Å². The van der Waals surface area contributed by atoms with E-state index in [4.69, 9.17) is 5.73 Å². The summed E-state index contributed by atoms with van der Waals surface area (Å²) in [6.07, 6.45) is 1.18. The Kier molecular flexibility index (Phi) is 5.41. The second-order valence-corrected chi connectivity index (χ2v) is 1.70. The van der Waals surface area contributed by atoms with Gasteiger partial charge >= 0.3 is 0 Å². The van der Waals surface area contributed by atoms with E-state index in [0.29, 0.717) is 0 Å². The number of hydrogen-bond acceptors (Lipinski definition) is 1. The van der Waals surface area contributed by atoms with E-state index in [-0.39, 0.29) is 0 Å². The molecule has 1 nitrogen and oxygen atoms in total. The molecule has 0 saturated heterocycles. The Bertz CT molecular complexity index is 14.4. The maximum absolute atomic E-state index is 5.14. The molecule has 0 atom stereocenters. The van der Waals surface area contributed by atoms with E-state index >= 15 is 0 Å². The van der Waals surface area contributed by atoms with Crippen LogP contribution < -0.4 is 5.73 Å². The van der Waals surface area contributed by atoms with Gasteiger partial charge in [-0.3, -0.25) is 0 Å². The lowest BCUT2D eigenvalue weighted by Crippen LogP contribution is -1.96. The first-order chi connectivity index (χ1) is 2.41. The van der Waals surface area contributed by atoms with Crippen molar-refractivity contribution in [2.24, 2.45) is 5.73 Å². The maximum atomic E-state index is 5.14. The molecule has 0 saturated carbocycles. The topological polar surface area (TPSA) is 26.0 Å². The van der Waals surface area contributed by atoms with Crippen molar-refractivity contribution in [3.8, 4) is 0 Å². The standard InChI is InChI=1S/C3H8N.Mg/c1-2-3-4;/h1-4H2;. The summed E-state index contributed by atoms with van der Waals surface area (Å²) in [5.74, 6) is 0. The normalized spacial score (nSPS) is 8.00. The summed E-state index contributed by atoms with van der Waals surface area (Å²) in [4.78, 5) is 0. The molecule has 0 aromatic carbocycles. The van der Waals surface area contributed by atoms with Gasteiger partial charge in [0.1, 0.15) is 0 Å². The fourth-order valence-corrected chi connectivity index (χ4v) is 0.433. The van der Waals surface area contributed by atoms with E-state index in [2.05, 4.69) is 0 Å². The maximum Gasteiger partial charge on any atom is 0.222 e. The fourth-order valence-electron chi connectivity index (χ4n) is 0.144. The van der Waals surface area contributed by atoms with E-state index in [9.17, 15) is 0 Å². The van der Waals surface area contributed by atoms with E-state index < -0.39 is 0 Å². The predicted octanol–water partition coefficient (Wildman–Crippen LogP) is -0.0780. The zero-order chi connectivity index (χ0) is 4.12. The number of rotatable bonds is 2. The van der Waals surface area contributed by atoms with Crippen molar-refractivity contribution in [3.05, 3.63) is 0 Å². The Morgan fingerprint density at radius 3 is 2.20 bits per heavy atom. The third-order valence-electron chi connectivity index (χ3n) is 0.454. The van der Waals surface area contributed by atoms with E-state index in [1.165, 1.54) is 11.0 Å². The van der Waals surface area contributed by atoms with Gasteiger partial charge in [0.15, 0.2) is 0 Å². The fraction of sp³-hybridized carbons (Fsp3) is 1.00. The molecule has 0 heterocycles. The monoisotopic (exact) mass is 82.1 g/mol. The van der Waals surface area contributed by atoms with Crippen LogP contribution in [0.1, 0.15) is 6.42 Å². The predicted molar refractivity (Wildman–Crippen MR) is 24.2 cm³/mol. The minimum absolute atomic E-state index is 0.851. The highest BCUT2D eigenvalue weighted by Gasteiger charge is 1.66. The lowest BCUT2D eigenvalue weighted by molar-refractivity contribution is 0.930. The molecule has 0 aromatic rings. The molecule has 0 aliphatic heterocycles. The molecule has 0 unspecified atom stereocenters. The molecule has 1 radical (unpaired) electrons. The van der Waals surface area contributed by atoms with Gasteiger partial charge in [0.05, 0.1) is 0 Å². The quantitative estimate of drug-likeness (QED) is 0.464. The molecule has 0 rings (SSSR count). The molecule has 0 amide bonds. The van der Waals surface area contributed by atoms with Crippen LogP contribution in [0, 0.1) is 0 Å². The van der Waals surface area contributed by atoms with Gasteiger partial charge in [-0.25, -0.2) is 0 Å². The third-order valence-corrected chi connectivity index (χ3v) is 0.954. The molecule has 0 bridgehead atoms. The van der Waals surface area contributed by atoms with Crippen LogP contribution in [0.5, 0.6) is 0 Å². The molecule has 0 spiro atoms. The summed E-state index contributed by atoms with van der Waals surface area (Å²) in [5.41, 5.74) is 5.14. The van der Waals surface area contributed by atoms with Crippen molar-refractivity contribution >= 4 is 21.7 Å². The van der Waals surface area contributed by atoms with E-state index in [1.54, 1.807) is 0 Å². The Morgan fingerprint density at radius 1 is 1.60 bits per heavy atom. The Balaban J connectivity index is 2.19. The van der Waals surface area contributed by atoms with Gasteiger partial charge in [0, 0.05) is 0 Å². The van der Waals surface area contributed by atoms with E-state index in [1.807, 2.05) is 21.7 Å². The molecular weight excluding hydrogens is 74.3 g/mol. The van der Waals surface area contributed by atoms with Crippen LogP contribution in [-0.2, 0) is 0 Å². The first kappa shape index (κ1) is 5.73. The van der Waals surface area contributed by atoms with Crippen LogP contribution in [0.3, 0.4) is 0 Å². The summed E-state index contributed by atoms with van der Waals surface area (Å²) >= 11 is 1.97. The van der Waals surface area contributed by atoms with Crippen LogP contribution in [0.4, 0.5) is 0 Å². The smallest absolute Gasteiger partial charge is 0.222 e. The van der Waals surface area contributed by atoms with Gasteiger partial charge in [-0.05, 0) is 6.54 Å². The number of nitrogens with two attached hydrogens (primary N) is 1. The van der Waals surface area contributed by atoms with Crippen molar-refractivity contribution in [2.75, 3.05) is 6.54 Å². The van der Waals surface area contributed by atoms with Crippen molar-refractivity contribution in [2.45, 2.75) is 11.0 Å². The minimum Gasteiger partial charge on any atom is -0.331 e. The second-order valence-electron chi connectivity index (χ2n) is 0.996. The van der Waals surface area contributed by atoms with Crippen molar-refractivity contribution in [3.63, 3.8) is 0 Å². The molecular formula is C3H8MgN. The Morgan fingerprint density at radius 2 is 2.20 bits per heavy atom. The minimum atomic E-state index is 0.851. The van der Waals surface area contributed by atoms with Crippen LogP contribution in [0.25, 0.3) is 0 Å². The average Bonchev–Trinajstić information content (AvgIpc) is 1.41. The van der Waals surface area contributed by atoms with Gasteiger partial charge in [0.2, 0.25) is 21.7 Å². The zero-order valence-electron chi connectivity index (χ0n) is 3.41. The molecule has 5 heavy (non-hydrogen) atoms. The highest BCUT2D eigenvalue weighted by molar-refractivity contribution is 6.08. The number of hydrogen-bond donors (Lipinski definition) is 1. The average molecular weight is 82.4 g/mol. The first-order valence-corrected chi connectivity index (χ1v) is 2.91.